The molecule has 1 unspecified atom stereocenters. The van der Waals surface area contributed by atoms with Gasteiger partial charge >= 0.3 is 0 Å². The Labute approximate surface area is 93.9 Å². The molecule has 0 saturated heterocycles. The van der Waals surface area contributed by atoms with Crippen LogP contribution in [0.3, 0.4) is 0 Å². The summed E-state index contributed by atoms with van der Waals surface area (Å²) < 4.78 is 30.9. The Bertz CT molecular complexity index is 309. The minimum absolute atomic E-state index is 0.248. The van der Waals surface area contributed by atoms with Crippen molar-refractivity contribution in [2.45, 2.75) is 25.9 Å². The third-order valence-corrected chi connectivity index (χ3v) is 2.15. The maximum Gasteiger partial charge on any atom is 0.126 e. The van der Waals surface area contributed by atoms with E-state index in [1.54, 1.807) is 0 Å². The zero-order valence-corrected chi connectivity index (χ0v) is 9.25. The van der Waals surface area contributed by atoms with E-state index in [0.717, 1.165) is 24.6 Å². The Kier molecular flexibility index (Phi) is 5.35. The van der Waals surface area contributed by atoms with Crippen LogP contribution in [-0.4, -0.2) is 18.3 Å². The number of benzene rings is 1. The lowest BCUT2D eigenvalue weighted by atomic mass is 10.1. The van der Waals surface area contributed by atoms with E-state index in [4.69, 9.17) is 4.74 Å². The molecule has 0 spiro atoms. The van der Waals surface area contributed by atoms with Gasteiger partial charge in [-0.1, -0.05) is 6.92 Å². The second-order valence-electron chi connectivity index (χ2n) is 3.62. The Balaban J connectivity index is 2.48. The van der Waals surface area contributed by atoms with E-state index in [9.17, 15) is 13.9 Å². The minimum Gasteiger partial charge on any atom is -0.388 e. The number of hydrogen-bond acceptors (Lipinski definition) is 2. The standard InChI is InChI=1S/C12H16F2O2/c1-2-4-16-5-3-12(15)9-6-10(13)8-11(14)7-9/h6-8,12,15H,2-5H2,1H3. The van der Waals surface area contributed by atoms with Gasteiger partial charge in [-0.25, -0.2) is 8.78 Å². The summed E-state index contributed by atoms with van der Waals surface area (Å²) >= 11 is 0. The molecule has 0 bridgehead atoms. The molecule has 0 amide bonds. The first-order valence-corrected chi connectivity index (χ1v) is 5.35. The van der Waals surface area contributed by atoms with Crippen molar-refractivity contribution >= 4 is 0 Å². The summed E-state index contributed by atoms with van der Waals surface area (Å²) in [4.78, 5) is 0. The fourth-order valence-electron chi connectivity index (χ4n) is 1.38. The molecule has 1 atom stereocenters. The van der Waals surface area contributed by atoms with Gasteiger partial charge in [-0.2, -0.15) is 0 Å². The molecule has 0 saturated carbocycles. The van der Waals surface area contributed by atoms with E-state index in [1.165, 1.54) is 0 Å². The fraction of sp³-hybridized carbons (Fsp3) is 0.500. The summed E-state index contributed by atoms with van der Waals surface area (Å²) in [5.74, 6) is -1.35. The smallest absolute Gasteiger partial charge is 0.126 e. The Morgan fingerprint density at radius 2 is 1.81 bits per heavy atom. The zero-order valence-electron chi connectivity index (χ0n) is 9.25. The van der Waals surface area contributed by atoms with Crippen LogP contribution in [0.5, 0.6) is 0 Å². The predicted molar refractivity (Wildman–Crippen MR) is 57.0 cm³/mol. The van der Waals surface area contributed by atoms with E-state index in [0.29, 0.717) is 19.6 Å². The largest absolute Gasteiger partial charge is 0.388 e. The van der Waals surface area contributed by atoms with Crippen LogP contribution in [0.4, 0.5) is 8.78 Å². The summed E-state index contributed by atoms with van der Waals surface area (Å²) in [6.07, 6.45) is 0.357. The molecule has 0 heterocycles. The maximum absolute atomic E-state index is 12.8. The summed E-state index contributed by atoms with van der Waals surface area (Å²) in [6, 6.07) is 3.05. The van der Waals surface area contributed by atoms with Crippen LogP contribution < -0.4 is 0 Å². The molecule has 1 aromatic carbocycles. The highest BCUT2D eigenvalue weighted by atomic mass is 19.1. The lowest BCUT2D eigenvalue weighted by Gasteiger charge is -2.11. The van der Waals surface area contributed by atoms with Gasteiger partial charge in [0.05, 0.1) is 6.10 Å². The maximum atomic E-state index is 12.8. The third-order valence-electron chi connectivity index (χ3n) is 2.15. The lowest BCUT2D eigenvalue weighted by molar-refractivity contribution is 0.0819. The van der Waals surface area contributed by atoms with Crippen LogP contribution in [0.2, 0.25) is 0 Å². The van der Waals surface area contributed by atoms with Gasteiger partial charge in [0.15, 0.2) is 0 Å². The number of rotatable bonds is 6. The molecule has 0 aliphatic heterocycles. The highest BCUT2D eigenvalue weighted by molar-refractivity contribution is 5.20. The van der Waals surface area contributed by atoms with E-state index >= 15 is 0 Å². The Hall–Kier alpha value is -1.00. The lowest BCUT2D eigenvalue weighted by Crippen LogP contribution is -2.04. The molecule has 90 valence electrons. The van der Waals surface area contributed by atoms with Gasteiger partial charge in [0.25, 0.3) is 0 Å². The molecular formula is C12H16F2O2. The second kappa shape index (κ2) is 6.55. The van der Waals surface area contributed by atoms with Gasteiger partial charge in [0, 0.05) is 25.7 Å². The first kappa shape index (κ1) is 13.1. The molecule has 2 nitrogen and oxygen atoms in total. The predicted octanol–water partition coefficient (Wildman–Crippen LogP) is 2.81. The normalized spacial score (nSPS) is 12.8. The van der Waals surface area contributed by atoms with E-state index in [2.05, 4.69) is 0 Å². The monoisotopic (exact) mass is 230 g/mol. The highest BCUT2D eigenvalue weighted by Gasteiger charge is 2.10. The molecule has 16 heavy (non-hydrogen) atoms. The summed E-state index contributed by atoms with van der Waals surface area (Å²) in [6.45, 7) is 3.00. The average Bonchev–Trinajstić information content (AvgIpc) is 2.22. The third kappa shape index (κ3) is 4.24. The molecule has 1 aromatic rings. The van der Waals surface area contributed by atoms with Crippen LogP contribution in [-0.2, 0) is 4.74 Å². The molecule has 0 radical (unpaired) electrons. The number of halogens is 2. The van der Waals surface area contributed by atoms with E-state index < -0.39 is 17.7 Å². The summed E-state index contributed by atoms with van der Waals surface area (Å²) in [7, 11) is 0. The second-order valence-corrected chi connectivity index (χ2v) is 3.62. The molecule has 0 aliphatic rings. The van der Waals surface area contributed by atoms with Crippen LogP contribution >= 0.6 is 0 Å². The van der Waals surface area contributed by atoms with Crippen molar-refractivity contribution in [3.8, 4) is 0 Å². The molecule has 0 fully saturated rings. The van der Waals surface area contributed by atoms with Gasteiger partial charge < -0.3 is 9.84 Å². The number of hydrogen-bond donors (Lipinski definition) is 1. The highest BCUT2D eigenvalue weighted by Crippen LogP contribution is 2.19. The number of ether oxygens (including phenoxy) is 1. The van der Waals surface area contributed by atoms with Gasteiger partial charge in [-0.05, 0) is 24.1 Å². The first-order chi connectivity index (χ1) is 7.63. The molecule has 4 heteroatoms. The van der Waals surface area contributed by atoms with Crippen LogP contribution in [0.1, 0.15) is 31.4 Å². The van der Waals surface area contributed by atoms with Crippen molar-refractivity contribution in [2.24, 2.45) is 0 Å². The van der Waals surface area contributed by atoms with Crippen LogP contribution in [0.15, 0.2) is 18.2 Å². The van der Waals surface area contributed by atoms with Crippen molar-refractivity contribution in [2.75, 3.05) is 13.2 Å². The van der Waals surface area contributed by atoms with Gasteiger partial charge in [-0.3, -0.25) is 0 Å². The van der Waals surface area contributed by atoms with Crippen LogP contribution in [0, 0.1) is 11.6 Å². The minimum atomic E-state index is -0.887. The fourth-order valence-corrected chi connectivity index (χ4v) is 1.38. The van der Waals surface area contributed by atoms with Crippen molar-refractivity contribution in [3.05, 3.63) is 35.4 Å². The summed E-state index contributed by atoms with van der Waals surface area (Å²) in [5, 5.41) is 9.66. The zero-order chi connectivity index (χ0) is 12.0. The summed E-state index contributed by atoms with van der Waals surface area (Å²) in [5.41, 5.74) is 0.248. The van der Waals surface area contributed by atoms with Crippen LogP contribution in [0.25, 0.3) is 0 Å². The molecule has 0 aromatic heterocycles. The molecule has 0 aliphatic carbocycles. The average molecular weight is 230 g/mol. The van der Waals surface area contributed by atoms with Crippen molar-refractivity contribution in [1.82, 2.24) is 0 Å². The van der Waals surface area contributed by atoms with Crippen molar-refractivity contribution in [3.63, 3.8) is 0 Å². The first-order valence-electron chi connectivity index (χ1n) is 5.35. The van der Waals surface area contributed by atoms with Gasteiger partial charge in [-0.15, -0.1) is 0 Å². The number of aliphatic hydroxyl groups excluding tert-OH is 1. The topological polar surface area (TPSA) is 29.5 Å². The quantitative estimate of drug-likeness (QED) is 0.761. The van der Waals surface area contributed by atoms with Crippen molar-refractivity contribution in [1.29, 1.82) is 0 Å². The Morgan fingerprint density at radius 1 is 1.19 bits per heavy atom. The van der Waals surface area contributed by atoms with Crippen molar-refractivity contribution < 1.29 is 18.6 Å². The van der Waals surface area contributed by atoms with E-state index in [1.807, 2.05) is 6.92 Å². The van der Waals surface area contributed by atoms with Gasteiger partial charge in [0.1, 0.15) is 11.6 Å². The molecule has 1 N–H and O–H groups in total. The number of aliphatic hydroxyl groups is 1. The van der Waals surface area contributed by atoms with Gasteiger partial charge in [0.2, 0.25) is 0 Å². The molecular weight excluding hydrogens is 214 g/mol. The molecule has 1 rings (SSSR count). The Morgan fingerprint density at radius 3 is 2.38 bits per heavy atom. The van der Waals surface area contributed by atoms with E-state index in [-0.39, 0.29) is 5.56 Å². The SMILES string of the molecule is CCCOCCC(O)c1cc(F)cc(F)c1.